The van der Waals surface area contributed by atoms with Crippen LogP contribution in [0.1, 0.15) is 98.8 Å². The van der Waals surface area contributed by atoms with Gasteiger partial charge in [-0.05, 0) is 99.7 Å². The number of rotatable bonds is 5. The zero-order valence-electron chi connectivity index (χ0n) is 19.5. The fourth-order valence-electron chi connectivity index (χ4n) is 8.02. The quantitative estimate of drug-likeness (QED) is 0.559. The summed E-state index contributed by atoms with van der Waals surface area (Å²) in [5.41, 5.74) is 3.49. The van der Waals surface area contributed by atoms with Gasteiger partial charge >= 0.3 is 0 Å². The average molecular weight is 401 g/mol. The van der Waals surface area contributed by atoms with Gasteiger partial charge in [-0.3, -0.25) is 0 Å². The second kappa shape index (κ2) is 7.52. The van der Waals surface area contributed by atoms with Gasteiger partial charge in [-0.2, -0.15) is 0 Å². The van der Waals surface area contributed by atoms with Crippen LogP contribution >= 0.6 is 0 Å². The molecule has 4 rings (SSSR count). The number of hydrogen-bond donors (Lipinski definition) is 2. The van der Waals surface area contributed by atoms with Gasteiger partial charge in [0.05, 0.1) is 11.7 Å². The maximum Gasteiger partial charge on any atom is 0.0591 e. The van der Waals surface area contributed by atoms with E-state index in [2.05, 4.69) is 32.9 Å². The van der Waals surface area contributed by atoms with E-state index in [9.17, 15) is 10.2 Å². The molecule has 0 amide bonds. The predicted molar refractivity (Wildman–Crippen MR) is 120 cm³/mol. The molecule has 0 aromatic carbocycles. The summed E-state index contributed by atoms with van der Waals surface area (Å²) in [6.07, 6.45) is 16.5. The SMILES string of the molecule is C[C@H](CCCC(C)(C)O)C1CCC2C3=CC=C4CC(O)CCC4(C)C3CCC21C. The van der Waals surface area contributed by atoms with E-state index in [0.29, 0.717) is 16.7 Å². The Balaban J connectivity index is 1.51. The third kappa shape index (κ3) is 3.78. The Labute approximate surface area is 178 Å². The first-order chi connectivity index (χ1) is 13.5. The van der Waals surface area contributed by atoms with Crippen molar-refractivity contribution in [2.24, 2.45) is 34.5 Å². The fraction of sp³-hybridized carbons (Fsp3) is 0.852. The zero-order chi connectivity index (χ0) is 21.0. The number of fused-ring (bicyclic) bond motifs is 5. The Morgan fingerprint density at radius 3 is 2.55 bits per heavy atom. The van der Waals surface area contributed by atoms with Gasteiger partial charge in [0.2, 0.25) is 0 Å². The first-order valence-electron chi connectivity index (χ1n) is 12.4. The first-order valence-corrected chi connectivity index (χ1v) is 12.4. The van der Waals surface area contributed by atoms with Gasteiger partial charge in [-0.15, -0.1) is 0 Å². The molecule has 0 heterocycles. The minimum absolute atomic E-state index is 0.126. The van der Waals surface area contributed by atoms with Gasteiger partial charge in [0.25, 0.3) is 0 Å². The third-order valence-corrected chi connectivity index (χ3v) is 9.75. The normalized spacial score (nSPS) is 43.0. The Morgan fingerprint density at radius 2 is 1.83 bits per heavy atom. The van der Waals surface area contributed by atoms with E-state index >= 15 is 0 Å². The van der Waals surface area contributed by atoms with Crippen molar-refractivity contribution in [1.29, 1.82) is 0 Å². The van der Waals surface area contributed by atoms with Crippen molar-refractivity contribution in [3.05, 3.63) is 23.3 Å². The van der Waals surface area contributed by atoms with Gasteiger partial charge in [0, 0.05) is 0 Å². The summed E-state index contributed by atoms with van der Waals surface area (Å²) in [5.74, 6) is 3.03. The van der Waals surface area contributed by atoms with Crippen LogP contribution in [0, 0.1) is 34.5 Å². The molecule has 3 fully saturated rings. The van der Waals surface area contributed by atoms with E-state index in [4.69, 9.17) is 0 Å². The molecule has 0 aromatic rings. The molecule has 0 spiro atoms. The standard InChI is InChI=1S/C27H44O2/c1-18(7-6-14-25(2,3)29)22-10-11-23-21-9-8-19-17-20(28)12-15-26(19,4)24(21)13-16-27(22,23)5/h8-9,18,20,22-24,28-29H,6-7,10-17H2,1-5H3/t18-,20?,22?,23?,24?,26?,27?/m1/s1. The van der Waals surface area contributed by atoms with Crippen LogP contribution in [0.5, 0.6) is 0 Å². The second-order valence-corrected chi connectivity index (χ2v) is 12.2. The van der Waals surface area contributed by atoms with Crippen LogP contribution < -0.4 is 0 Å². The molecule has 0 bridgehead atoms. The molecule has 29 heavy (non-hydrogen) atoms. The van der Waals surface area contributed by atoms with E-state index in [1.165, 1.54) is 37.7 Å². The molecule has 2 heteroatoms. The first kappa shape index (κ1) is 21.6. The number of aliphatic hydroxyl groups excluding tert-OH is 1. The lowest BCUT2D eigenvalue weighted by Gasteiger charge is -2.55. The number of allylic oxidation sites excluding steroid dienone is 3. The van der Waals surface area contributed by atoms with E-state index < -0.39 is 5.60 Å². The summed E-state index contributed by atoms with van der Waals surface area (Å²) in [7, 11) is 0. The number of hydrogen-bond acceptors (Lipinski definition) is 2. The highest BCUT2D eigenvalue weighted by atomic mass is 16.3. The molecule has 7 atom stereocenters. The van der Waals surface area contributed by atoms with Crippen molar-refractivity contribution >= 4 is 0 Å². The molecular weight excluding hydrogens is 356 g/mol. The van der Waals surface area contributed by atoms with Crippen molar-refractivity contribution in [1.82, 2.24) is 0 Å². The van der Waals surface area contributed by atoms with Crippen molar-refractivity contribution in [2.45, 2.75) is 111 Å². The summed E-state index contributed by atoms with van der Waals surface area (Å²) in [6, 6.07) is 0. The lowest BCUT2D eigenvalue weighted by Crippen LogP contribution is -2.46. The van der Waals surface area contributed by atoms with Crippen LogP contribution in [0.2, 0.25) is 0 Å². The van der Waals surface area contributed by atoms with Crippen molar-refractivity contribution in [3.63, 3.8) is 0 Å². The molecule has 4 aliphatic rings. The Kier molecular flexibility index (Phi) is 5.61. The summed E-state index contributed by atoms with van der Waals surface area (Å²) < 4.78 is 0. The predicted octanol–water partition coefficient (Wildman–Crippen LogP) is 6.42. The van der Waals surface area contributed by atoms with Crippen LogP contribution in [0.25, 0.3) is 0 Å². The van der Waals surface area contributed by atoms with Crippen LogP contribution in [0.3, 0.4) is 0 Å². The highest BCUT2D eigenvalue weighted by Gasteiger charge is 2.56. The largest absolute Gasteiger partial charge is 0.393 e. The van der Waals surface area contributed by atoms with Crippen molar-refractivity contribution in [3.8, 4) is 0 Å². The van der Waals surface area contributed by atoms with Gasteiger partial charge in [0.1, 0.15) is 0 Å². The maximum absolute atomic E-state index is 10.2. The highest BCUT2D eigenvalue weighted by Crippen LogP contribution is 2.66. The molecule has 0 radical (unpaired) electrons. The smallest absolute Gasteiger partial charge is 0.0591 e. The van der Waals surface area contributed by atoms with E-state index in [1.54, 1.807) is 5.57 Å². The monoisotopic (exact) mass is 400 g/mol. The second-order valence-electron chi connectivity index (χ2n) is 12.2. The minimum Gasteiger partial charge on any atom is -0.393 e. The van der Waals surface area contributed by atoms with Gasteiger partial charge < -0.3 is 10.2 Å². The molecular formula is C27H44O2. The lowest BCUT2D eigenvalue weighted by atomic mass is 9.50. The topological polar surface area (TPSA) is 40.5 Å². The average Bonchev–Trinajstić information content (AvgIpc) is 2.98. The molecule has 2 nitrogen and oxygen atoms in total. The molecule has 0 aromatic heterocycles. The minimum atomic E-state index is -0.528. The molecule has 3 saturated carbocycles. The maximum atomic E-state index is 10.2. The fourth-order valence-corrected chi connectivity index (χ4v) is 8.02. The third-order valence-electron chi connectivity index (χ3n) is 9.75. The Morgan fingerprint density at radius 1 is 1.07 bits per heavy atom. The molecule has 164 valence electrons. The molecule has 0 saturated heterocycles. The van der Waals surface area contributed by atoms with Crippen LogP contribution in [0.4, 0.5) is 0 Å². The summed E-state index contributed by atoms with van der Waals surface area (Å²) in [5, 5.41) is 20.3. The molecule has 4 aliphatic carbocycles. The lowest BCUT2D eigenvalue weighted by molar-refractivity contribution is 0.0298. The summed E-state index contributed by atoms with van der Waals surface area (Å²) in [4.78, 5) is 0. The molecule has 0 aliphatic heterocycles. The Bertz CT molecular complexity index is 683. The van der Waals surface area contributed by atoms with E-state index in [0.717, 1.165) is 49.9 Å². The summed E-state index contributed by atoms with van der Waals surface area (Å²) in [6.45, 7) is 11.5. The van der Waals surface area contributed by atoms with Crippen LogP contribution in [-0.2, 0) is 0 Å². The van der Waals surface area contributed by atoms with Gasteiger partial charge in [-0.25, -0.2) is 0 Å². The summed E-state index contributed by atoms with van der Waals surface area (Å²) >= 11 is 0. The number of aliphatic hydroxyl groups is 2. The van der Waals surface area contributed by atoms with E-state index in [-0.39, 0.29) is 6.10 Å². The van der Waals surface area contributed by atoms with Gasteiger partial charge in [0.15, 0.2) is 0 Å². The molecule has 6 unspecified atom stereocenters. The van der Waals surface area contributed by atoms with Crippen molar-refractivity contribution < 1.29 is 10.2 Å². The zero-order valence-corrected chi connectivity index (χ0v) is 19.5. The van der Waals surface area contributed by atoms with Crippen molar-refractivity contribution in [2.75, 3.05) is 0 Å². The van der Waals surface area contributed by atoms with Crippen LogP contribution in [0.15, 0.2) is 23.3 Å². The van der Waals surface area contributed by atoms with Gasteiger partial charge in [-0.1, -0.05) is 56.9 Å². The van der Waals surface area contributed by atoms with E-state index in [1.807, 2.05) is 13.8 Å². The Hall–Kier alpha value is -0.600. The highest BCUT2D eigenvalue weighted by molar-refractivity contribution is 5.38. The van der Waals surface area contributed by atoms with Crippen LogP contribution in [-0.4, -0.2) is 21.9 Å². The molecule has 2 N–H and O–H groups in total.